The average molecular weight is 503 g/mol. The molecule has 4 aliphatic rings. The zero-order valence-corrected chi connectivity index (χ0v) is 21.8. The molecule has 210 valence electrons. The summed E-state index contributed by atoms with van der Waals surface area (Å²) in [5.74, 6) is -6.32. The van der Waals surface area contributed by atoms with Crippen molar-refractivity contribution in [1.29, 1.82) is 0 Å². The van der Waals surface area contributed by atoms with Crippen molar-refractivity contribution >= 4 is 5.97 Å². The molecule has 35 heavy (non-hydrogen) atoms. The molecule has 0 aliphatic heterocycles. The van der Waals surface area contributed by atoms with Gasteiger partial charge in [0.05, 0.1) is 0 Å². The van der Waals surface area contributed by atoms with Crippen LogP contribution in [0.25, 0.3) is 0 Å². The van der Waals surface area contributed by atoms with Crippen LogP contribution in [0, 0.1) is 40.4 Å². The van der Waals surface area contributed by atoms with E-state index >= 15 is 0 Å². The molecule has 4 saturated carbocycles. The highest BCUT2D eigenvalue weighted by molar-refractivity contribution is 5.66. The lowest BCUT2D eigenvalue weighted by Gasteiger charge is -2.61. The Balaban J connectivity index is 0.00000183. The van der Waals surface area contributed by atoms with Gasteiger partial charge in [0, 0.05) is 18.3 Å². The van der Waals surface area contributed by atoms with Gasteiger partial charge in [0.2, 0.25) is 11.6 Å². The maximum absolute atomic E-state index is 11.1. The van der Waals surface area contributed by atoms with E-state index in [4.69, 9.17) is 5.11 Å². The van der Waals surface area contributed by atoms with E-state index in [0.29, 0.717) is 18.3 Å². The lowest BCUT2D eigenvalue weighted by Crippen LogP contribution is -2.60. The molecule has 7 unspecified atom stereocenters. The van der Waals surface area contributed by atoms with Crippen LogP contribution in [0.5, 0.6) is 0 Å². The Morgan fingerprint density at radius 1 is 0.800 bits per heavy atom. The Kier molecular flexibility index (Phi) is 12.5. The fourth-order valence-electron chi connectivity index (χ4n) is 8.61. The minimum absolute atomic E-state index is 0. The lowest BCUT2D eigenvalue weighted by atomic mass is 9.44. The van der Waals surface area contributed by atoms with Crippen LogP contribution >= 0.6 is 0 Å². The van der Waals surface area contributed by atoms with Gasteiger partial charge in [-0.15, -0.1) is 0 Å². The highest BCUT2D eigenvalue weighted by Crippen LogP contribution is 2.71. The van der Waals surface area contributed by atoms with Crippen molar-refractivity contribution in [2.75, 3.05) is 0 Å². The maximum Gasteiger partial charge on any atom is 0.303 e. The number of hydrogen-bond acceptors (Lipinski definition) is 5. The Labute approximate surface area is 215 Å². The minimum atomic E-state index is -2.62. The van der Waals surface area contributed by atoms with Crippen LogP contribution in [-0.2, 0) is 4.79 Å². The molecule has 0 aromatic carbocycles. The molecule has 4 rings (SSSR count). The third kappa shape index (κ3) is 5.46. The van der Waals surface area contributed by atoms with Crippen LogP contribution in [0.2, 0.25) is 0 Å². The number of carboxylic acids is 1. The van der Waals surface area contributed by atoms with Gasteiger partial charge in [-0.3, -0.25) is 4.79 Å². The predicted molar refractivity (Wildman–Crippen MR) is 143 cm³/mol. The van der Waals surface area contributed by atoms with Crippen LogP contribution in [0.3, 0.4) is 0 Å². The van der Waals surface area contributed by atoms with Crippen molar-refractivity contribution in [3.63, 3.8) is 0 Å². The normalized spacial score (nSPS) is 39.9. The molecule has 0 saturated heterocycles. The molecule has 5 N–H and O–H groups in total. The maximum atomic E-state index is 11.1. The van der Waals surface area contributed by atoms with Crippen LogP contribution in [0.1, 0.15) is 127 Å². The summed E-state index contributed by atoms with van der Waals surface area (Å²) < 4.78 is 0. The van der Waals surface area contributed by atoms with Crippen molar-refractivity contribution in [3.8, 4) is 0 Å². The number of aliphatic carboxylic acids is 1. The van der Waals surface area contributed by atoms with Crippen molar-refractivity contribution in [2.45, 2.75) is 139 Å². The number of hydrogen-bond donors (Lipinski definition) is 5. The second-order valence-corrected chi connectivity index (χ2v) is 11.1. The second kappa shape index (κ2) is 12.7. The van der Waals surface area contributed by atoms with E-state index in [-0.39, 0.29) is 39.0 Å². The number of carbonyl (C=O) groups is 1. The third-order valence-electron chi connectivity index (χ3n) is 9.94. The van der Waals surface area contributed by atoms with E-state index in [0.717, 1.165) is 25.7 Å². The fraction of sp³-hybridized carbons (Fsp3) is 0.966. The molecule has 0 amide bonds. The number of rotatable bonds is 4. The largest absolute Gasteiger partial charge is 0.481 e. The molecule has 0 bridgehead atoms. The number of fused-ring (bicyclic) bond motifs is 5. The van der Waals surface area contributed by atoms with E-state index in [1.807, 2.05) is 34.6 Å². The first-order valence-electron chi connectivity index (χ1n) is 13.6. The molecule has 0 heterocycles. The van der Waals surface area contributed by atoms with Crippen molar-refractivity contribution in [2.24, 2.45) is 40.4 Å². The van der Waals surface area contributed by atoms with Gasteiger partial charge in [-0.1, -0.05) is 69.2 Å². The smallest absolute Gasteiger partial charge is 0.303 e. The van der Waals surface area contributed by atoms with Gasteiger partial charge in [-0.25, -0.2) is 0 Å². The molecular formula is C29H58O6. The van der Waals surface area contributed by atoms with Gasteiger partial charge in [0.25, 0.3) is 0 Å². The van der Waals surface area contributed by atoms with Gasteiger partial charge in [-0.05, 0) is 80.0 Å². The molecule has 6 heteroatoms. The number of aliphatic hydroxyl groups is 4. The topological polar surface area (TPSA) is 118 Å². The lowest BCUT2D eigenvalue weighted by molar-refractivity contribution is -0.372. The predicted octanol–water partition coefficient (Wildman–Crippen LogP) is 6.20. The molecular weight excluding hydrogens is 444 g/mol. The molecule has 6 nitrogen and oxygen atoms in total. The van der Waals surface area contributed by atoms with Gasteiger partial charge in [0.1, 0.15) is 0 Å². The van der Waals surface area contributed by atoms with Crippen molar-refractivity contribution in [3.05, 3.63) is 0 Å². The van der Waals surface area contributed by atoms with Crippen LogP contribution < -0.4 is 0 Å². The summed E-state index contributed by atoms with van der Waals surface area (Å²) in [7, 11) is 0. The first-order valence-corrected chi connectivity index (χ1v) is 13.6. The molecule has 4 fully saturated rings. The quantitative estimate of drug-likeness (QED) is 0.292. The van der Waals surface area contributed by atoms with Gasteiger partial charge >= 0.3 is 5.97 Å². The third-order valence-corrected chi connectivity index (χ3v) is 9.94. The van der Waals surface area contributed by atoms with Gasteiger partial charge < -0.3 is 25.5 Å². The van der Waals surface area contributed by atoms with Gasteiger partial charge in [0.15, 0.2) is 0 Å². The van der Waals surface area contributed by atoms with Crippen LogP contribution in [0.15, 0.2) is 0 Å². The highest BCUT2D eigenvalue weighted by atomic mass is 16.6. The Morgan fingerprint density at radius 3 is 1.97 bits per heavy atom. The van der Waals surface area contributed by atoms with Gasteiger partial charge in [-0.2, -0.15) is 0 Å². The van der Waals surface area contributed by atoms with E-state index in [9.17, 15) is 25.2 Å². The van der Waals surface area contributed by atoms with E-state index in [2.05, 4.69) is 6.92 Å². The van der Waals surface area contributed by atoms with E-state index < -0.39 is 34.8 Å². The van der Waals surface area contributed by atoms with Crippen molar-refractivity contribution in [1.82, 2.24) is 0 Å². The number of carboxylic acid groups (broad SMARTS) is 1. The fourth-order valence-corrected chi connectivity index (χ4v) is 8.61. The Bertz CT molecular complexity index is 662. The molecule has 0 radical (unpaired) electrons. The zero-order valence-electron chi connectivity index (χ0n) is 21.8. The van der Waals surface area contributed by atoms with Crippen molar-refractivity contribution < 1.29 is 30.3 Å². The second-order valence-electron chi connectivity index (χ2n) is 11.1. The summed E-state index contributed by atoms with van der Waals surface area (Å²) in [5.41, 5.74) is -0.419. The zero-order chi connectivity index (χ0) is 25.2. The van der Waals surface area contributed by atoms with Crippen LogP contribution in [0.4, 0.5) is 0 Å². The monoisotopic (exact) mass is 502 g/mol. The van der Waals surface area contributed by atoms with Crippen LogP contribution in [-0.4, -0.2) is 43.1 Å². The minimum Gasteiger partial charge on any atom is -0.481 e. The van der Waals surface area contributed by atoms with E-state index in [1.54, 1.807) is 0 Å². The average Bonchev–Trinajstić information content (AvgIpc) is 2.89. The molecule has 4 aliphatic carbocycles. The standard InChI is InChI=1S/C23H38O6.2C2H6.2CH4/c1-20-12-4-3-6-14(20)9-10-15-16(20)11-13-21(2)17(7-5-8-18(24)25)22(26,27)23(28,29)19(15)21;2*1-2;;/h14-17,19,26-29H,3-13H2,1-2H3,(H,24,25);2*1-2H3;2*1H4. The highest BCUT2D eigenvalue weighted by Gasteiger charge is 2.76. The van der Waals surface area contributed by atoms with E-state index in [1.165, 1.54) is 25.7 Å². The Morgan fingerprint density at radius 2 is 1.40 bits per heavy atom. The summed E-state index contributed by atoms with van der Waals surface area (Å²) in [6, 6.07) is 0. The Hall–Kier alpha value is -0.690. The first-order chi connectivity index (χ1) is 15.5. The molecule has 0 aromatic heterocycles. The summed E-state index contributed by atoms with van der Waals surface area (Å²) in [5, 5.41) is 53.1. The SMILES string of the molecule is C.C.CC.CC.CC12CCCCC1CCC1C2CCC2(C)C(CCCC(=O)O)C(O)(O)C(O)(O)C12. The molecule has 7 atom stereocenters. The summed E-state index contributed by atoms with van der Waals surface area (Å²) in [4.78, 5) is 11.0. The first kappa shape index (κ1) is 34.3. The summed E-state index contributed by atoms with van der Waals surface area (Å²) in [6.45, 7) is 12.4. The molecule has 0 aromatic rings. The summed E-state index contributed by atoms with van der Waals surface area (Å²) >= 11 is 0. The summed E-state index contributed by atoms with van der Waals surface area (Å²) in [6.07, 6.45) is 9.15. The molecule has 0 spiro atoms.